The monoisotopic (exact) mass is 540 g/mol. The summed E-state index contributed by atoms with van der Waals surface area (Å²) in [6.07, 6.45) is 9.51. The van der Waals surface area contributed by atoms with Crippen molar-refractivity contribution in [3.8, 4) is 5.75 Å². The number of esters is 1. The molecule has 204 valence electrons. The van der Waals surface area contributed by atoms with Crippen LogP contribution in [0.4, 0.5) is 5.69 Å². The van der Waals surface area contributed by atoms with Crippen molar-refractivity contribution in [1.82, 2.24) is 4.90 Å². The molecule has 0 aromatic heterocycles. The highest BCUT2D eigenvalue weighted by Crippen LogP contribution is 2.65. The van der Waals surface area contributed by atoms with Crippen LogP contribution in [-0.4, -0.2) is 76.2 Å². The molecule has 0 aliphatic carbocycles. The molecular weight excluding hydrogens is 504 g/mol. The summed E-state index contributed by atoms with van der Waals surface area (Å²) in [6, 6.07) is 5.79. The van der Waals surface area contributed by atoms with Crippen molar-refractivity contribution in [2.45, 2.75) is 55.2 Å². The van der Waals surface area contributed by atoms with Crippen LogP contribution in [0.1, 0.15) is 33.6 Å². The van der Waals surface area contributed by atoms with E-state index in [0.29, 0.717) is 24.6 Å². The average Bonchev–Trinajstić information content (AvgIpc) is 3.24. The van der Waals surface area contributed by atoms with Gasteiger partial charge in [-0.25, -0.2) is 0 Å². The maximum Gasteiger partial charge on any atom is 0.311 e. The number of hydrogen-bond acceptors (Lipinski definition) is 7. The fraction of sp³-hybridized carbons (Fsp3) is 0.552. The number of amides is 2. The third-order valence-electron chi connectivity index (χ3n) is 8.39. The van der Waals surface area contributed by atoms with E-state index >= 15 is 0 Å². The molecule has 1 N–H and O–H groups in total. The topological polar surface area (TPSA) is 96.4 Å². The standard InChI is InChI=1S/C29H36N2O6S/c1-18(2)21(17-32)31-24-26(34)30(19-9-11-20(36-4)12-10-19)15-8-14-29(24)22(25(31)33)23-27(35)37-16-7-5-6-13-28(23,3)38-29/h6,8-14,18,21-24,32H,5,7,15-17H2,1-4H3/b13-6-/t21-,22-,23-,24?,28+,29-/m0/s1. The Balaban J connectivity index is 1.67. The van der Waals surface area contributed by atoms with Gasteiger partial charge in [-0.3, -0.25) is 14.4 Å². The number of fused-ring (bicyclic) bond motifs is 2. The summed E-state index contributed by atoms with van der Waals surface area (Å²) in [5.41, 5.74) is 0.689. The van der Waals surface area contributed by atoms with E-state index in [2.05, 4.69) is 6.08 Å². The summed E-state index contributed by atoms with van der Waals surface area (Å²) in [5.74, 6) is -1.86. The smallest absolute Gasteiger partial charge is 0.311 e. The van der Waals surface area contributed by atoms with E-state index in [1.165, 1.54) is 11.8 Å². The highest BCUT2D eigenvalue weighted by atomic mass is 32.2. The molecule has 5 rings (SSSR count). The number of carbonyl (C=O) groups excluding carboxylic acids is 3. The van der Waals surface area contributed by atoms with Crippen LogP contribution in [0.2, 0.25) is 0 Å². The largest absolute Gasteiger partial charge is 0.497 e. The van der Waals surface area contributed by atoms with Gasteiger partial charge >= 0.3 is 5.97 Å². The van der Waals surface area contributed by atoms with Gasteiger partial charge in [-0.05, 0) is 49.9 Å². The first-order valence-corrected chi connectivity index (χ1v) is 14.1. The number of methoxy groups -OCH3 is 1. The lowest BCUT2D eigenvalue weighted by Crippen LogP contribution is -2.58. The van der Waals surface area contributed by atoms with Crippen molar-refractivity contribution >= 4 is 35.2 Å². The number of nitrogens with zero attached hydrogens (tertiary/aromatic N) is 2. The second-order valence-electron chi connectivity index (χ2n) is 11.0. The Labute approximate surface area is 228 Å². The second kappa shape index (κ2) is 10.1. The molecule has 1 unspecified atom stereocenters. The van der Waals surface area contributed by atoms with Crippen molar-refractivity contribution in [3.05, 3.63) is 48.6 Å². The van der Waals surface area contributed by atoms with Crippen molar-refractivity contribution in [2.24, 2.45) is 17.8 Å². The lowest BCUT2D eigenvalue weighted by Gasteiger charge is -2.41. The Morgan fingerprint density at radius 3 is 2.50 bits per heavy atom. The van der Waals surface area contributed by atoms with E-state index in [0.717, 1.165) is 12.8 Å². The number of benzene rings is 1. The van der Waals surface area contributed by atoms with Crippen molar-refractivity contribution in [2.75, 3.05) is 31.8 Å². The number of rotatable bonds is 5. The van der Waals surface area contributed by atoms with E-state index in [1.54, 1.807) is 29.0 Å². The number of likely N-dealkylation sites (tertiary alicyclic amines) is 1. The number of ether oxygens (including phenoxy) is 2. The van der Waals surface area contributed by atoms with Gasteiger partial charge in [0.15, 0.2) is 0 Å². The van der Waals surface area contributed by atoms with Gasteiger partial charge < -0.3 is 24.4 Å². The Kier molecular flexibility index (Phi) is 7.11. The fourth-order valence-corrected chi connectivity index (χ4v) is 8.68. The van der Waals surface area contributed by atoms with Crippen LogP contribution in [0.5, 0.6) is 5.75 Å². The Morgan fingerprint density at radius 2 is 1.84 bits per heavy atom. The van der Waals surface area contributed by atoms with E-state index < -0.39 is 39.4 Å². The van der Waals surface area contributed by atoms with Crippen LogP contribution in [0.25, 0.3) is 0 Å². The van der Waals surface area contributed by atoms with Gasteiger partial charge in [-0.2, -0.15) is 0 Å². The zero-order valence-corrected chi connectivity index (χ0v) is 23.1. The minimum Gasteiger partial charge on any atom is -0.497 e. The van der Waals surface area contributed by atoms with E-state index in [9.17, 15) is 19.5 Å². The first-order chi connectivity index (χ1) is 18.2. The highest BCUT2D eigenvalue weighted by molar-refractivity contribution is 8.02. The molecule has 0 saturated carbocycles. The lowest BCUT2D eigenvalue weighted by atomic mass is 9.74. The maximum absolute atomic E-state index is 14.5. The van der Waals surface area contributed by atoms with Gasteiger partial charge in [0.1, 0.15) is 11.8 Å². The Bertz CT molecular complexity index is 1170. The first kappa shape index (κ1) is 26.8. The predicted molar refractivity (Wildman–Crippen MR) is 146 cm³/mol. The first-order valence-electron chi connectivity index (χ1n) is 13.3. The lowest BCUT2D eigenvalue weighted by molar-refractivity contribution is -0.154. The van der Waals surface area contributed by atoms with Crippen LogP contribution in [0.15, 0.2) is 48.6 Å². The molecule has 8 nitrogen and oxygen atoms in total. The Morgan fingerprint density at radius 1 is 1.11 bits per heavy atom. The SMILES string of the molecule is COc1ccc(N2CC=C[C@]34S[C@]5(C)/C=C\CCCOC(=O)[C@@H]5[C@H]3C(=O)N([C@@H](CO)C(C)C)C4C2=O)cc1. The van der Waals surface area contributed by atoms with Crippen molar-refractivity contribution < 1.29 is 29.0 Å². The molecule has 0 radical (unpaired) electrons. The zero-order chi connectivity index (χ0) is 27.2. The molecule has 2 saturated heterocycles. The van der Waals surface area contributed by atoms with Crippen molar-refractivity contribution in [3.63, 3.8) is 0 Å². The number of thioether (sulfide) groups is 1. The summed E-state index contributed by atoms with van der Waals surface area (Å²) in [7, 11) is 1.59. The van der Waals surface area contributed by atoms with E-state index in [-0.39, 0.29) is 24.3 Å². The fourth-order valence-electron chi connectivity index (χ4n) is 6.55. The summed E-state index contributed by atoms with van der Waals surface area (Å²) in [4.78, 5) is 45.7. The minimum absolute atomic E-state index is 0.0990. The van der Waals surface area contributed by atoms with Gasteiger partial charge in [-0.15, -0.1) is 11.8 Å². The molecule has 2 amide bonds. The van der Waals surface area contributed by atoms with Gasteiger partial charge in [0.2, 0.25) is 5.91 Å². The molecule has 38 heavy (non-hydrogen) atoms. The normalized spacial score (nSPS) is 34.5. The minimum atomic E-state index is -0.986. The van der Waals surface area contributed by atoms with Gasteiger partial charge in [-0.1, -0.05) is 38.2 Å². The molecule has 1 spiro atoms. The third kappa shape index (κ3) is 4.06. The quantitative estimate of drug-likeness (QED) is 0.453. The van der Waals surface area contributed by atoms with Crippen LogP contribution < -0.4 is 9.64 Å². The van der Waals surface area contributed by atoms with Crippen molar-refractivity contribution in [1.29, 1.82) is 0 Å². The number of allylic oxidation sites excluding steroid dienone is 1. The predicted octanol–water partition coefficient (Wildman–Crippen LogP) is 3.20. The molecule has 6 atom stereocenters. The third-order valence-corrected chi connectivity index (χ3v) is 10.2. The summed E-state index contributed by atoms with van der Waals surface area (Å²) in [6.45, 7) is 6.18. The number of hydrogen-bond donors (Lipinski definition) is 1. The Hall–Kier alpha value is -2.78. The summed E-state index contributed by atoms with van der Waals surface area (Å²) < 4.78 is 9.25. The highest BCUT2D eigenvalue weighted by Gasteiger charge is 2.74. The molecule has 1 aromatic carbocycles. The molecule has 2 fully saturated rings. The number of anilines is 1. The zero-order valence-electron chi connectivity index (χ0n) is 22.3. The summed E-state index contributed by atoms with van der Waals surface area (Å²) >= 11 is 1.52. The number of cyclic esters (lactones) is 1. The molecule has 4 heterocycles. The van der Waals surface area contributed by atoms with Gasteiger partial charge in [0, 0.05) is 17.0 Å². The van der Waals surface area contributed by atoms with Crippen LogP contribution in [-0.2, 0) is 19.1 Å². The molecule has 1 aromatic rings. The molecule has 0 bridgehead atoms. The molecule has 9 heteroatoms. The van der Waals surface area contributed by atoms with Crippen LogP contribution in [0, 0.1) is 17.8 Å². The van der Waals surface area contributed by atoms with Gasteiger partial charge in [0.05, 0.1) is 42.9 Å². The number of carbonyl (C=O) groups is 3. The number of aliphatic hydroxyl groups excluding tert-OH is 1. The number of aliphatic hydroxyl groups is 1. The second-order valence-corrected chi connectivity index (χ2v) is 12.8. The average molecular weight is 541 g/mol. The summed E-state index contributed by atoms with van der Waals surface area (Å²) in [5, 5.41) is 10.4. The molecule has 4 aliphatic heterocycles. The molecular formula is C29H36N2O6S. The van der Waals surface area contributed by atoms with Crippen LogP contribution >= 0.6 is 11.8 Å². The van der Waals surface area contributed by atoms with Crippen LogP contribution in [0.3, 0.4) is 0 Å². The molecule has 4 aliphatic rings. The van der Waals surface area contributed by atoms with E-state index in [4.69, 9.17) is 9.47 Å². The van der Waals surface area contributed by atoms with E-state index in [1.807, 2.05) is 51.1 Å². The maximum atomic E-state index is 14.5. The van der Waals surface area contributed by atoms with Gasteiger partial charge in [0.25, 0.3) is 5.91 Å².